The van der Waals surface area contributed by atoms with Crippen molar-refractivity contribution in [3.05, 3.63) is 24.2 Å². The van der Waals surface area contributed by atoms with Crippen LogP contribution in [0, 0.1) is 12.3 Å². The Kier molecular flexibility index (Phi) is 4.74. The predicted octanol–water partition coefficient (Wildman–Crippen LogP) is 2.52. The molecule has 1 saturated heterocycles. The molecule has 0 N–H and O–H groups in total. The van der Waals surface area contributed by atoms with Gasteiger partial charge in [0.25, 0.3) is 0 Å². The van der Waals surface area contributed by atoms with Crippen LogP contribution in [0.1, 0.15) is 33.1 Å². The lowest BCUT2D eigenvalue weighted by Gasteiger charge is -2.36. The van der Waals surface area contributed by atoms with Crippen LogP contribution in [0.3, 0.4) is 0 Å². The average Bonchev–Trinajstić information content (AvgIpc) is 3.00. The van der Waals surface area contributed by atoms with E-state index in [9.17, 15) is 4.79 Å². The first-order chi connectivity index (χ1) is 11.8. The second-order valence-corrected chi connectivity index (χ2v) is 7.65. The summed E-state index contributed by atoms with van der Waals surface area (Å²) in [5.74, 6) is 2.24. The van der Waals surface area contributed by atoms with Crippen LogP contribution in [0.25, 0.3) is 11.4 Å². The molecule has 7 nitrogen and oxygen atoms in total. The number of rotatable bonds is 3. The molecular weight excluding hydrogens is 318 g/mol. The maximum Gasteiger partial charge on any atom is 0.223 e. The molecule has 1 aliphatic rings. The van der Waals surface area contributed by atoms with Crippen LogP contribution in [0.5, 0.6) is 0 Å². The van der Waals surface area contributed by atoms with Crippen molar-refractivity contribution in [2.75, 3.05) is 31.1 Å². The normalized spacial score (nSPS) is 15.5. The molecule has 0 aromatic carbocycles. The lowest BCUT2D eigenvalue weighted by atomic mass is 9.91. The van der Waals surface area contributed by atoms with E-state index in [1.54, 1.807) is 13.1 Å². The van der Waals surface area contributed by atoms with Gasteiger partial charge < -0.3 is 14.3 Å². The van der Waals surface area contributed by atoms with Crippen LogP contribution >= 0.6 is 0 Å². The van der Waals surface area contributed by atoms with Crippen LogP contribution in [0.2, 0.25) is 0 Å². The summed E-state index contributed by atoms with van der Waals surface area (Å²) >= 11 is 0. The molecule has 0 atom stereocenters. The van der Waals surface area contributed by atoms with Gasteiger partial charge in [-0.05, 0) is 17.5 Å². The number of carbonyl (C=O) groups excluding carboxylic acids is 1. The monoisotopic (exact) mass is 343 g/mol. The fraction of sp³-hybridized carbons (Fsp3) is 0.556. The van der Waals surface area contributed by atoms with Crippen LogP contribution in [0.4, 0.5) is 5.82 Å². The van der Waals surface area contributed by atoms with E-state index in [1.165, 1.54) is 0 Å². The first kappa shape index (κ1) is 17.4. The van der Waals surface area contributed by atoms with E-state index in [0.717, 1.165) is 37.6 Å². The highest BCUT2D eigenvalue weighted by molar-refractivity contribution is 5.77. The Bertz CT molecular complexity index is 725. The fourth-order valence-corrected chi connectivity index (χ4v) is 2.87. The van der Waals surface area contributed by atoms with Crippen molar-refractivity contribution in [1.82, 2.24) is 20.0 Å². The Morgan fingerprint density at radius 1 is 1.20 bits per heavy atom. The topological polar surface area (TPSA) is 75.4 Å². The lowest BCUT2D eigenvalue weighted by molar-refractivity contribution is -0.133. The maximum atomic E-state index is 12.3. The Hall–Kier alpha value is -2.44. The summed E-state index contributed by atoms with van der Waals surface area (Å²) in [6.07, 6.45) is 2.35. The van der Waals surface area contributed by atoms with Crippen molar-refractivity contribution in [2.24, 2.45) is 5.41 Å². The van der Waals surface area contributed by atoms with E-state index in [1.807, 2.05) is 17.0 Å². The van der Waals surface area contributed by atoms with Gasteiger partial charge in [-0.2, -0.15) is 4.98 Å². The molecule has 0 saturated carbocycles. The highest BCUT2D eigenvalue weighted by Gasteiger charge is 2.25. The van der Waals surface area contributed by atoms with Crippen molar-refractivity contribution in [2.45, 2.75) is 34.1 Å². The van der Waals surface area contributed by atoms with Gasteiger partial charge >= 0.3 is 0 Å². The second kappa shape index (κ2) is 6.82. The van der Waals surface area contributed by atoms with Gasteiger partial charge in [0.05, 0.1) is 0 Å². The molecular formula is C18H25N5O2. The minimum atomic E-state index is 0.0269. The molecule has 134 valence electrons. The summed E-state index contributed by atoms with van der Waals surface area (Å²) in [5.41, 5.74) is 0.860. The number of amides is 1. The molecule has 1 fully saturated rings. The molecule has 25 heavy (non-hydrogen) atoms. The largest absolute Gasteiger partial charge is 0.353 e. The van der Waals surface area contributed by atoms with Gasteiger partial charge in [-0.1, -0.05) is 25.9 Å². The summed E-state index contributed by atoms with van der Waals surface area (Å²) in [6, 6.07) is 3.91. The van der Waals surface area contributed by atoms with Gasteiger partial charge in [-0.15, -0.1) is 0 Å². The molecule has 3 rings (SSSR count). The molecule has 0 bridgehead atoms. The summed E-state index contributed by atoms with van der Waals surface area (Å²) in [6.45, 7) is 11.1. The third-order valence-electron chi connectivity index (χ3n) is 4.17. The van der Waals surface area contributed by atoms with Crippen molar-refractivity contribution in [3.8, 4) is 11.4 Å². The van der Waals surface area contributed by atoms with E-state index in [-0.39, 0.29) is 11.3 Å². The molecule has 0 aliphatic carbocycles. The lowest BCUT2D eigenvalue weighted by Crippen LogP contribution is -2.49. The fourth-order valence-electron chi connectivity index (χ4n) is 2.87. The highest BCUT2D eigenvalue weighted by atomic mass is 16.5. The Morgan fingerprint density at radius 3 is 2.44 bits per heavy atom. The highest BCUT2D eigenvalue weighted by Crippen LogP contribution is 2.22. The number of pyridine rings is 1. The first-order valence-electron chi connectivity index (χ1n) is 8.61. The SMILES string of the molecule is Cc1nc(-c2ccc(N3CCN(C(=O)CC(C)(C)C)CC3)nc2)no1. The average molecular weight is 343 g/mol. The summed E-state index contributed by atoms with van der Waals surface area (Å²) < 4.78 is 5.00. The summed E-state index contributed by atoms with van der Waals surface area (Å²) in [4.78, 5) is 25.2. The van der Waals surface area contributed by atoms with E-state index < -0.39 is 0 Å². The van der Waals surface area contributed by atoms with Gasteiger partial charge in [0.15, 0.2) is 0 Å². The van der Waals surface area contributed by atoms with Crippen molar-refractivity contribution in [3.63, 3.8) is 0 Å². The zero-order valence-electron chi connectivity index (χ0n) is 15.3. The molecule has 0 unspecified atom stereocenters. The molecule has 2 aromatic heterocycles. The van der Waals surface area contributed by atoms with Crippen LogP contribution in [-0.4, -0.2) is 52.1 Å². The van der Waals surface area contributed by atoms with Gasteiger partial charge in [0.2, 0.25) is 17.6 Å². The third kappa shape index (κ3) is 4.35. The third-order valence-corrected chi connectivity index (χ3v) is 4.17. The van der Waals surface area contributed by atoms with Crippen molar-refractivity contribution >= 4 is 11.7 Å². The van der Waals surface area contributed by atoms with Crippen LogP contribution in [-0.2, 0) is 4.79 Å². The van der Waals surface area contributed by atoms with E-state index >= 15 is 0 Å². The number of aryl methyl sites for hydroxylation is 1. The Balaban J connectivity index is 1.59. The van der Waals surface area contributed by atoms with Crippen LogP contribution < -0.4 is 4.90 Å². The molecule has 0 radical (unpaired) electrons. The molecule has 2 aromatic rings. The van der Waals surface area contributed by atoms with E-state index in [0.29, 0.717) is 18.1 Å². The second-order valence-electron chi connectivity index (χ2n) is 7.65. The summed E-state index contributed by atoms with van der Waals surface area (Å²) in [7, 11) is 0. The molecule has 3 heterocycles. The number of nitrogens with zero attached hydrogens (tertiary/aromatic N) is 5. The predicted molar refractivity (Wildman–Crippen MR) is 95.1 cm³/mol. The maximum absolute atomic E-state index is 12.3. The standard InChI is InChI=1S/C18H25N5O2/c1-13-20-17(21-25-13)14-5-6-15(19-12-14)22-7-9-23(10-8-22)16(24)11-18(2,3)4/h5-6,12H,7-11H2,1-4H3. The van der Waals surface area contributed by atoms with Crippen molar-refractivity contribution in [1.29, 1.82) is 0 Å². The number of anilines is 1. The minimum Gasteiger partial charge on any atom is -0.353 e. The van der Waals surface area contributed by atoms with E-state index in [4.69, 9.17) is 4.52 Å². The number of aromatic nitrogens is 3. The first-order valence-corrected chi connectivity index (χ1v) is 8.61. The summed E-state index contributed by atoms with van der Waals surface area (Å²) in [5, 5.41) is 3.90. The number of carbonyl (C=O) groups is 1. The number of hydrogen-bond acceptors (Lipinski definition) is 6. The molecule has 1 amide bonds. The Labute approximate surface area is 148 Å². The minimum absolute atomic E-state index is 0.0269. The van der Waals surface area contributed by atoms with E-state index in [2.05, 4.69) is 40.8 Å². The zero-order valence-corrected chi connectivity index (χ0v) is 15.3. The quantitative estimate of drug-likeness (QED) is 0.852. The van der Waals surface area contributed by atoms with Gasteiger partial charge in [-0.25, -0.2) is 4.98 Å². The number of hydrogen-bond donors (Lipinski definition) is 0. The number of piperazine rings is 1. The van der Waals surface area contributed by atoms with Gasteiger partial charge in [0, 0.05) is 51.3 Å². The van der Waals surface area contributed by atoms with Crippen molar-refractivity contribution < 1.29 is 9.32 Å². The zero-order chi connectivity index (χ0) is 18.0. The van der Waals surface area contributed by atoms with Gasteiger partial charge in [-0.3, -0.25) is 4.79 Å². The smallest absolute Gasteiger partial charge is 0.223 e. The molecule has 0 spiro atoms. The Morgan fingerprint density at radius 2 is 1.92 bits per heavy atom. The molecule has 1 aliphatic heterocycles. The molecule has 7 heteroatoms. The van der Waals surface area contributed by atoms with Gasteiger partial charge in [0.1, 0.15) is 5.82 Å². The van der Waals surface area contributed by atoms with Crippen LogP contribution in [0.15, 0.2) is 22.9 Å².